The SMILES string of the molecule is CN(C)C(CNC1CC(C)(C)CC(C)(C)C1)c1ccco1. The first kappa shape index (κ1) is 16.6. The Kier molecular flexibility index (Phi) is 4.84. The van der Waals surface area contributed by atoms with Gasteiger partial charge in [-0.15, -0.1) is 0 Å². The van der Waals surface area contributed by atoms with Crippen LogP contribution in [0, 0.1) is 10.8 Å². The van der Waals surface area contributed by atoms with Crippen LogP contribution in [0.25, 0.3) is 0 Å². The van der Waals surface area contributed by atoms with E-state index in [4.69, 9.17) is 4.42 Å². The van der Waals surface area contributed by atoms with E-state index < -0.39 is 0 Å². The van der Waals surface area contributed by atoms with Gasteiger partial charge in [-0.2, -0.15) is 0 Å². The smallest absolute Gasteiger partial charge is 0.122 e. The molecule has 1 N–H and O–H groups in total. The van der Waals surface area contributed by atoms with Gasteiger partial charge in [0.15, 0.2) is 0 Å². The Labute approximate surface area is 130 Å². The van der Waals surface area contributed by atoms with Crippen LogP contribution in [0.4, 0.5) is 0 Å². The Balaban J connectivity index is 1.97. The molecule has 0 saturated heterocycles. The fourth-order valence-corrected chi connectivity index (χ4v) is 4.29. The summed E-state index contributed by atoms with van der Waals surface area (Å²) in [4.78, 5) is 2.23. The van der Waals surface area contributed by atoms with Crippen molar-refractivity contribution in [3.8, 4) is 0 Å². The van der Waals surface area contributed by atoms with Crippen molar-refractivity contribution in [2.75, 3.05) is 20.6 Å². The molecule has 1 heterocycles. The molecule has 1 aromatic rings. The lowest BCUT2D eigenvalue weighted by Crippen LogP contribution is -2.46. The number of furan rings is 1. The van der Waals surface area contributed by atoms with Crippen molar-refractivity contribution in [2.45, 2.75) is 59.0 Å². The average molecular weight is 292 g/mol. The van der Waals surface area contributed by atoms with Crippen molar-refractivity contribution in [3.05, 3.63) is 24.2 Å². The van der Waals surface area contributed by atoms with Gasteiger partial charge >= 0.3 is 0 Å². The van der Waals surface area contributed by atoms with E-state index in [1.807, 2.05) is 6.07 Å². The fourth-order valence-electron chi connectivity index (χ4n) is 4.29. The Hall–Kier alpha value is -0.800. The molecule has 1 aliphatic rings. The third-order valence-electron chi connectivity index (χ3n) is 4.65. The van der Waals surface area contributed by atoms with E-state index in [1.165, 1.54) is 19.3 Å². The second-order valence-corrected chi connectivity index (χ2v) is 8.51. The zero-order chi connectivity index (χ0) is 15.7. The van der Waals surface area contributed by atoms with Gasteiger partial charge in [0.1, 0.15) is 5.76 Å². The lowest BCUT2D eigenvalue weighted by atomic mass is 9.63. The molecule has 0 radical (unpaired) electrons. The maximum atomic E-state index is 5.60. The number of nitrogens with one attached hydrogen (secondary N) is 1. The van der Waals surface area contributed by atoms with Gasteiger partial charge in [0, 0.05) is 12.6 Å². The molecule has 21 heavy (non-hydrogen) atoms. The van der Waals surface area contributed by atoms with Gasteiger partial charge in [0.2, 0.25) is 0 Å². The highest BCUT2D eigenvalue weighted by molar-refractivity contribution is 5.05. The first-order chi connectivity index (χ1) is 9.69. The van der Waals surface area contributed by atoms with E-state index in [9.17, 15) is 0 Å². The van der Waals surface area contributed by atoms with Gasteiger partial charge in [0.25, 0.3) is 0 Å². The zero-order valence-corrected chi connectivity index (χ0v) is 14.6. The van der Waals surface area contributed by atoms with Crippen LogP contribution < -0.4 is 5.32 Å². The van der Waals surface area contributed by atoms with Crippen molar-refractivity contribution in [1.29, 1.82) is 0 Å². The van der Waals surface area contributed by atoms with Gasteiger partial charge < -0.3 is 9.73 Å². The molecule has 0 aromatic carbocycles. The summed E-state index contributed by atoms with van der Waals surface area (Å²) in [6.07, 6.45) is 5.59. The number of hydrogen-bond donors (Lipinski definition) is 1. The third kappa shape index (κ3) is 4.58. The van der Waals surface area contributed by atoms with E-state index in [-0.39, 0.29) is 0 Å². The largest absolute Gasteiger partial charge is 0.468 e. The zero-order valence-electron chi connectivity index (χ0n) is 14.6. The second-order valence-electron chi connectivity index (χ2n) is 8.51. The maximum absolute atomic E-state index is 5.60. The Morgan fingerprint density at radius 1 is 1.24 bits per heavy atom. The highest BCUT2D eigenvalue weighted by Crippen LogP contribution is 2.45. The number of nitrogens with zero attached hydrogens (tertiary/aromatic N) is 1. The monoisotopic (exact) mass is 292 g/mol. The number of hydrogen-bond acceptors (Lipinski definition) is 3. The Bertz CT molecular complexity index is 418. The van der Waals surface area contributed by atoms with Crippen LogP contribution in [-0.4, -0.2) is 31.6 Å². The lowest BCUT2D eigenvalue weighted by molar-refractivity contribution is 0.0812. The molecule has 1 aromatic heterocycles. The highest BCUT2D eigenvalue weighted by Gasteiger charge is 2.38. The molecule has 1 saturated carbocycles. The molecule has 0 aliphatic heterocycles. The molecule has 0 amide bonds. The quantitative estimate of drug-likeness (QED) is 0.886. The van der Waals surface area contributed by atoms with Gasteiger partial charge in [-0.05, 0) is 56.3 Å². The first-order valence-corrected chi connectivity index (χ1v) is 8.12. The molecule has 1 atom stereocenters. The van der Waals surface area contributed by atoms with Crippen molar-refractivity contribution in [3.63, 3.8) is 0 Å². The van der Waals surface area contributed by atoms with E-state index in [2.05, 4.69) is 58.1 Å². The molecule has 3 heteroatoms. The van der Waals surface area contributed by atoms with E-state index in [1.54, 1.807) is 6.26 Å². The molecule has 0 spiro atoms. The summed E-state index contributed by atoms with van der Waals surface area (Å²) in [5.74, 6) is 1.04. The minimum atomic E-state index is 0.299. The maximum Gasteiger partial charge on any atom is 0.122 e. The number of rotatable bonds is 5. The summed E-state index contributed by atoms with van der Waals surface area (Å²) < 4.78 is 5.60. The van der Waals surface area contributed by atoms with Crippen molar-refractivity contribution < 1.29 is 4.42 Å². The lowest BCUT2D eigenvalue weighted by Gasteiger charge is -2.45. The predicted molar refractivity (Wildman–Crippen MR) is 88.3 cm³/mol. The van der Waals surface area contributed by atoms with Crippen LogP contribution in [0.1, 0.15) is 58.8 Å². The molecule has 1 aliphatic carbocycles. The molecule has 120 valence electrons. The molecular formula is C18H32N2O. The van der Waals surface area contributed by atoms with Crippen molar-refractivity contribution >= 4 is 0 Å². The molecule has 3 nitrogen and oxygen atoms in total. The highest BCUT2D eigenvalue weighted by atomic mass is 16.3. The van der Waals surface area contributed by atoms with Crippen LogP contribution in [0.3, 0.4) is 0 Å². The standard InChI is InChI=1S/C18H32N2O/c1-17(2)10-14(11-18(3,4)13-17)19-12-15(20(5)6)16-8-7-9-21-16/h7-9,14-15,19H,10-13H2,1-6H3. The molecular weight excluding hydrogens is 260 g/mol. The third-order valence-corrected chi connectivity index (χ3v) is 4.65. The minimum absolute atomic E-state index is 0.299. The number of likely N-dealkylation sites (N-methyl/N-ethyl adjacent to an activating group) is 1. The first-order valence-electron chi connectivity index (χ1n) is 8.12. The van der Waals surface area contributed by atoms with Crippen molar-refractivity contribution in [2.24, 2.45) is 10.8 Å². The molecule has 0 bridgehead atoms. The summed E-state index contributed by atoms with van der Waals surface area (Å²) in [5, 5.41) is 3.80. The predicted octanol–water partition coefficient (Wildman–Crippen LogP) is 4.08. The Morgan fingerprint density at radius 2 is 1.86 bits per heavy atom. The van der Waals surface area contributed by atoms with Crippen LogP contribution >= 0.6 is 0 Å². The van der Waals surface area contributed by atoms with Crippen LogP contribution in [-0.2, 0) is 0 Å². The summed E-state index contributed by atoms with van der Waals surface area (Å²) >= 11 is 0. The van der Waals surface area contributed by atoms with Crippen LogP contribution in [0.2, 0.25) is 0 Å². The van der Waals surface area contributed by atoms with Gasteiger partial charge in [0.05, 0.1) is 12.3 Å². The van der Waals surface area contributed by atoms with Crippen LogP contribution in [0.15, 0.2) is 22.8 Å². The summed E-state index contributed by atoms with van der Waals surface area (Å²) in [6.45, 7) is 10.5. The summed E-state index contributed by atoms with van der Waals surface area (Å²) in [5.41, 5.74) is 0.857. The van der Waals surface area contributed by atoms with Gasteiger partial charge in [-0.1, -0.05) is 27.7 Å². The topological polar surface area (TPSA) is 28.4 Å². The van der Waals surface area contributed by atoms with E-state index in [0.717, 1.165) is 12.3 Å². The van der Waals surface area contributed by atoms with Gasteiger partial charge in [-0.25, -0.2) is 0 Å². The average Bonchev–Trinajstić information content (AvgIpc) is 2.77. The minimum Gasteiger partial charge on any atom is -0.468 e. The fraction of sp³-hybridized carbons (Fsp3) is 0.778. The van der Waals surface area contributed by atoms with E-state index in [0.29, 0.717) is 22.9 Å². The molecule has 2 rings (SSSR count). The normalized spacial score (nSPS) is 23.4. The van der Waals surface area contributed by atoms with Crippen molar-refractivity contribution in [1.82, 2.24) is 10.2 Å². The molecule has 1 fully saturated rings. The van der Waals surface area contributed by atoms with Crippen LogP contribution in [0.5, 0.6) is 0 Å². The summed E-state index contributed by atoms with van der Waals surface area (Å²) in [6, 6.07) is 4.94. The second kappa shape index (κ2) is 6.13. The molecule has 1 unspecified atom stereocenters. The van der Waals surface area contributed by atoms with Gasteiger partial charge in [-0.3, -0.25) is 4.90 Å². The van der Waals surface area contributed by atoms with E-state index >= 15 is 0 Å². The summed E-state index contributed by atoms with van der Waals surface area (Å²) in [7, 11) is 4.23. The Morgan fingerprint density at radius 3 is 2.33 bits per heavy atom.